The Balaban J connectivity index is 1.39. The highest BCUT2D eigenvalue weighted by atomic mass is 35.5. The lowest BCUT2D eigenvalue weighted by Gasteiger charge is -2.41. The van der Waals surface area contributed by atoms with Crippen molar-refractivity contribution < 1.29 is 23.1 Å². The summed E-state index contributed by atoms with van der Waals surface area (Å²) in [5.74, 6) is -0.133. The van der Waals surface area contributed by atoms with Crippen molar-refractivity contribution in [2.75, 3.05) is 26.2 Å². The van der Waals surface area contributed by atoms with Crippen molar-refractivity contribution in [3.05, 3.63) is 76.3 Å². The van der Waals surface area contributed by atoms with E-state index in [2.05, 4.69) is 6.08 Å². The summed E-state index contributed by atoms with van der Waals surface area (Å²) >= 11 is 6.16. The minimum Gasteiger partial charge on any atom is -0.393 e. The molecule has 0 aromatic heterocycles. The highest BCUT2D eigenvalue weighted by molar-refractivity contribution is 6.30. The summed E-state index contributed by atoms with van der Waals surface area (Å²) < 4.78 is 39.4. The number of piperidine rings is 2. The summed E-state index contributed by atoms with van der Waals surface area (Å²) in [5, 5.41) is 10.5. The quantitative estimate of drug-likeness (QED) is 0.510. The molecule has 1 N–H and O–H groups in total. The van der Waals surface area contributed by atoms with Crippen LogP contribution in [-0.4, -0.2) is 58.9 Å². The predicted octanol–water partition coefficient (Wildman–Crippen LogP) is 6.23. The van der Waals surface area contributed by atoms with Gasteiger partial charge >= 0.3 is 12.2 Å². The van der Waals surface area contributed by atoms with Crippen LogP contribution in [0.2, 0.25) is 5.02 Å². The number of carbonyl (C=O) groups is 1. The number of carbonyl (C=O) groups excluding carboxylic acids is 1. The largest absolute Gasteiger partial charge is 0.416 e. The summed E-state index contributed by atoms with van der Waals surface area (Å²) in [6, 6.07) is 12.7. The number of amides is 2. The number of urea groups is 1. The molecule has 0 saturated carbocycles. The van der Waals surface area contributed by atoms with E-state index < -0.39 is 11.7 Å². The number of rotatable bonds is 3. The third kappa shape index (κ3) is 5.85. The van der Waals surface area contributed by atoms with Gasteiger partial charge in [-0.25, -0.2) is 4.79 Å². The molecule has 2 amide bonds. The van der Waals surface area contributed by atoms with E-state index in [1.165, 1.54) is 12.1 Å². The first-order chi connectivity index (χ1) is 17.7. The number of alkyl halides is 3. The minimum atomic E-state index is -4.39. The fraction of sp³-hybridized carbons (Fsp3) is 0.429. The molecule has 2 aromatic rings. The summed E-state index contributed by atoms with van der Waals surface area (Å²) in [4.78, 5) is 21.9. The Morgan fingerprint density at radius 3 is 2.38 bits per heavy atom. The Kier molecular flexibility index (Phi) is 7.32. The molecule has 2 unspecified atom stereocenters. The maximum absolute atomic E-state index is 13.5. The van der Waals surface area contributed by atoms with Gasteiger partial charge in [-0.2, -0.15) is 13.2 Å². The fourth-order valence-corrected chi connectivity index (χ4v) is 5.67. The predicted molar refractivity (Wildman–Crippen MR) is 138 cm³/mol. The van der Waals surface area contributed by atoms with Gasteiger partial charge in [0.15, 0.2) is 0 Å². The van der Waals surface area contributed by atoms with Gasteiger partial charge in [-0.1, -0.05) is 41.9 Å². The zero-order valence-electron chi connectivity index (χ0n) is 20.3. The highest BCUT2D eigenvalue weighted by Crippen LogP contribution is 2.37. The van der Waals surface area contributed by atoms with Crippen molar-refractivity contribution in [1.82, 2.24) is 9.80 Å². The molecule has 2 atom stereocenters. The molecule has 196 valence electrons. The number of aliphatic imine (C=N–C) groups is 1. The summed E-state index contributed by atoms with van der Waals surface area (Å²) in [6.07, 6.45) is -0.276. The molecule has 37 heavy (non-hydrogen) atoms. The van der Waals surface area contributed by atoms with E-state index in [1.54, 1.807) is 4.90 Å². The Labute approximate surface area is 219 Å². The van der Waals surface area contributed by atoms with Crippen LogP contribution < -0.4 is 0 Å². The van der Waals surface area contributed by atoms with Crippen LogP contribution >= 0.6 is 11.6 Å². The average Bonchev–Trinajstić information content (AvgIpc) is 3.39. The number of hydrogen-bond donors (Lipinski definition) is 1. The van der Waals surface area contributed by atoms with Crippen molar-refractivity contribution in [1.29, 1.82) is 0 Å². The number of hydrogen-bond acceptors (Lipinski definition) is 3. The standard InChI is InChI=1S/C28H29ClF3N3O2/c29-23-3-1-2-19(15-23)25-8-9-26(33-25)21-14-20(18-4-6-22(7-5-18)28(30,31)32)16-35(17-21)27(37)34-12-10-24(36)11-13-34/h1-8,15,20-21,24,36H,9-14,16-17H2. The van der Waals surface area contributed by atoms with Gasteiger partial charge in [-0.05, 0) is 49.1 Å². The van der Waals surface area contributed by atoms with Crippen LogP contribution in [-0.2, 0) is 6.18 Å². The minimum absolute atomic E-state index is 0.0201. The summed E-state index contributed by atoms with van der Waals surface area (Å²) in [7, 11) is 0. The van der Waals surface area contributed by atoms with Gasteiger partial charge in [0.05, 0.1) is 17.4 Å². The van der Waals surface area contributed by atoms with Crippen molar-refractivity contribution in [3.63, 3.8) is 0 Å². The molecule has 5 nitrogen and oxygen atoms in total. The molecule has 0 spiro atoms. The van der Waals surface area contributed by atoms with Crippen LogP contribution in [0.25, 0.3) is 5.70 Å². The smallest absolute Gasteiger partial charge is 0.393 e. The number of nitrogens with zero attached hydrogens (tertiary/aromatic N) is 3. The van der Waals surface area contributed by atoms with Gasteiger partial charge in [-0.3, -0.25) is 4.99 Å². The van der Waals surface area contributed by atoms with Crippen molar-refractivity contribution in [2.45, 2.75) is 43.9 Å². The molecular formula is C28H29ClF3N3O2. The molecule has 0 radical (unpaired) electrons. The number of benzene rings is 2. The second-order valence-corrected chi connectivity index (χ2v) is 10.5. The van der Waals surface area contributed by atoms with E-state index in [-0.39, 0.29) is 24.0 Å². The number of allylic oxidation sites excluding steroid dienone is 1. The molecule has 3 heterocycles. The lowest BCUT2D eigenvalue weighted by molar-refractivity contribution is -0.137. The summed E-state index contributed by atoms with van der Waals surface area (Å²) in [6.45, 7) is 1.92. The molecule has 5 rings (SSSR count). The van der Waals surface area contributed by atoms with E-state index >= 15 is 0 Å². The van der Waals surface area contributed by atoms with Gasteiger partial charge in [0.25, 0.3) is 0 Å². The van der Waals surface area contributed by atoms with Crippen molar-refractivity contribution in [2.24, 2.45) is 10.9 Å². The number of aliphatic hydroxyl groups is 1. The maximum Gasteiger partial charge on any atom is 0.416 e. The second-order valence-electron chi connectivity index (χ2n) is 10.1. The highest BCUT2D eigenvalue weighted by Gasteiger charge is 2.37. The lowest BCUT2D eigenvalue weighted by atomic mass is 9.81. The van der Waals surface area contributed by atoms with Gasteiger partial charge < -0.3 is 14.9 Å². The molecular weight excluding hydrogens is 503 g/mol. The Bertz CT molecular complexity index is 1200. The van der Waals surface area contributed by atoms with Crippen LogP contribution in [0.4, 0.5) is 18.0 Å². The van der Waals surface area contributed by atoms with E-state index in [0.717, 1.165) is 34.7 Å². The molecule has 3 aliphatic heterocycles. The first-order valence-electron chi connectivity index (χ1n) is 12.6. The molecule has 2 fully saturated rings. The molecule has 9 heteroatoms. The number of halogens is 4. The van der Waals surface area contributed by atoms with E-state index in [1.807, 2.05) is 29.2 Å². The molecule has 2 aromatic carbocycles. The third-order valence-electron chi connectivity index (χ3n) is 7.53. The van der Waals surface area contributed by atoms with Gasteiger partial charge in [0.2, 0.25) is 0 Å². The molecule has 3 aliphatic rings. The number of likely N-dealkylation sites (tertiary alicyclic amines) is 2. The fourth-order valence-electron chi connectivity index (χ4n) is 5.48. The first kappa shape index (κ1) is 25.8. The monoisotopic (exact) mass is 531 g/mol. The SMILES string of the molecule is O=C(N1CCC(O)CC1)N1CC(C2=NC(c3cccc(Cl)c3)=CC2)CC(c2ccc(C(F)(F)F)cc2)C1. The second kappa shape index (κ2) is 10.5. The van der Waals surface area contributed by atoms with E-state index in [0.29, 0.717) is 56.9 Å². The van der Waals surface area contributed by atoms with Crippen LogP contribution in [0.3, 0.4) is 0 Å². The van der Waals surface area contributed by atoms with Gasteiger partial charge in [0, 0.05) is 60.7 Å². The van der Waals surface area contributed by atoms with Crippen LogP contribution in [0, 0.1) is 5.92 Å². The Morgan fingerprint density at radius 1 is 1.00 bits per heavy atom. The topological polar surface area (TPSA) is 56.1 Å². The zero-order chi connectivity index (χ0) is 26.2. The van der Waals surface area contributed by atoms with Crippen molar-refractivity contribution >= 4 is 29.0 Å². The maximum atomic E-state index is 13.5. The van der Waals surface area contributed by atoms with Crippen molar-refractivity contribution in [3.8, 4) is 0 Å². The van der Waals surface area contributed by atoms with Crippen LogP contribution in [0.5, 0.6) is 0 Å². The van der Waals surface area contributed by atoms with Gasteiger partial charge in [0.1, 0.15) is 0 Å². The van der Waals surface area contributed by atoms with E-state index in [4.69, 9.17) is 16.6 Å². The average molecular weight is 532 g/mol. The van der Waals surface area contributed by atoms with Crippen LogP contribution in [0.15, 0.2) is 59.6 Å². The molecule has 0 bridgehead atoms. The molecule has 0 aliphatic carbocycles. The lowest BCUT2D eigenvalue weighted by Crippen LogP contribution is -2.52. The number of aliphatic hydroxyl groups excluding tert-OH is 1. The van der Waals surface area contributed by atoms with Crippen LogP contribution in [0.1, 0.15) is 48.3 Å². The zero-order valence-corrected chi connectivity index (χ0v) is 21.0. The summed E-state index contributed by atoms with van der Waals surface area (Å²) in [5.41, 5.74) is 2.85. The molecule has 2 saturated heterocycles. The van der Waals surface area contributed by atoms with Gasteiger partial charge in [-0.15, -0.1) is 0 Å². The normalized spacial score (nSPS) is 23.2. The third-order valence-corrected chi connectivity index (χ3v) is 7.76. The first-order valence-corrected chi connectivity index (χ1v) is 13.0. The Hall–Kier alpha value is -2.84. The van der Waals surface area contributed by atoms with E-state index in [9.17, 15) is 23.1 Å². The Morgan fingerprint density at radius 2 is 1.70 bits per heavy atom.